The van der Waals surface area contributed by atoms with Gasteiger partial charge in [0.15, 0.2) is 18.0 Å². The Kier molecular flexibility index (Phi) is 9.12. The first kappa shape index (κ1) is 30.6. The number of aliphatic hydroxyl groups is 1. The van der Waals surface area contributed by atoms with Gasteiger partial charge in [0.25, 0.3) is 5.85 Å². The predicted molar refractivity (Wildman–Crippen MR) is 142 cm³/mol. The molecule has 2 heterocycles. The summed E-state index contributed by atoms with van der Waals surface area (Å²) < 4.78 is 77.3. The van der Waals surface area contributed by atoms with Crippen LogP contribution >= 0.6 is 7.82 Å². The molecule has 12 nitrogen and oxygen atoms in total. The minimum absolute atomic E-state index is 0.149. The number of methoxy groups -OCH3 is 2. The minimum Gasteiger partial charge on any atom is -0.497 e. The number of nitrogen functional groups attached to an aromatic ring is 1. The van der Waals surface area contributed by atoms with Gasteiger partial charge in [0.2, 0.25) is 0 Å². The Hall–Kier alpha value is -3.39. The summed E-state index contributed by atoms with van der Waals surface area (Å²) in [5.74, 6) is -2.26. The molecular formula is C26H30F2N3O9P. The van der Waals surface area contributed by atoms with Crippen molar-refractivity contribution in [1.82, 2.24) is 9.55 Å². The molecule has 1 fully saturated rings. The first-order valence-electron chi connectivity index (χ1n) is 12.3. The predicted octanol–water partition coefficient (Wildman–Crippen LogP) is 3.68. The van der Waals surface area contributed by atoms with Gasteiger partial charge < -0.3 is 25.1 Å². The maximum atomic E-state index is 15.9. The maximum Gasteiger partial charge on any atom is 0.475 e. The minimum atomic E-state index is -4.57. The van der Waals surface area contributed by atoms with Gasteiger partial charge in [-0.15, -0.1) is 0 Å². The molecule has 0 radical (unpaired) electrons. The zero-order valence-corrected chi connectivity index (χ0v) is 23.3. The summed E-state index contributed by atoms with van der Waals surface area (Å²) in [4.78, 5) is 15.7. The molecule has 3 aromatic rings. The van der Waals surface area contributed by atoms with Gasteiger partial charge in [-0.25, -0.2) is 18.1 Å². The number of phosphoric ester groups is 1. The van der Waals surface area contributed by atoms with Gasteiger partial charge in [0, 0.05) is 6.20 Å². The van der Waals surface area contributed by atoms with Crippen molar-refractivity contribution in [2.75, 3.05) is 26.6 Å². The first-order chi connectivity index (χ1) is 19.4. The number of nitrogens with two attached hydrogens (primary N) is 1. The molecule has 0 saturated carbocycles. The van der Waals surface area contributed by atoms with E-state index in [1.807, 2.05) is 0 Å². The monoisotopic (exact) mass is 597 g/mol. The zero-order valence-electron chi connectivity index (χ0n) is 22.4. The number of hydrogen-bond donors (Lipinski definition) is 2. The molecule has 3 N–H and O–H groups in total. The van der Waals surface area contributed by atoms with Gasteiger partial charge in [-0.05, 0) is 48.4 Å². The van der Waals surface area contributed by atoms with Crippen molar-refractivity contribution in [3.05, 3.63) is 82.4 Å². The van der Waals surface area contributed by atoms with Crippen LogP contribution in [-0.4, -0.2) is 53.1 Å². The molecule has 4 rings (SSSR count). The number of hydrogen-bond acceptors (Lipinski definition) is 11. The van der Waals surface area contributed by atoms with E-state index in [1.54, 1.807) is 48.5 Å². The van der Waals surface area contributed by atoms with E-state index < -0.39 is 44.0 Å². The molecular weight excluding hydrogens is 567 g/mol. The molecule has 15 heteroatoms. The Labute approximate surface area is 234 Å². The number of aromatic nitrogens is 2. The van der Waals surface area contributed by atoms with E-state index in [0.717, 1.165) is 13.1 Å². The second-order valence-electron chi connectivity index (χ2n) is 9.32. The standard InChI is InChI=1S/C26H30F2N3O9P/c1-25(27)22(32)26(28,40-23(25)31-13-12-21(29)30-24(31)33)16-39-41(34,37-14-17-4-8-19(35-2)9-5-17)38-15-18-6-10-20(36-3)11-7-18/h4-13,22-23,32H,14-16H2,1-3H3,(H2,29,30,33)/t22-,23+,25+,26+/m0/s1. The molecule has 0 bridgehead atoms. The van der Waals surface area contributed by atoms with Crippen molar-refractivity contribution >= 4 is 13.6 Å². The lowest BCUT2D eigenvalue weighted by atomic mass is 9.97. The Balaban J connectivity index is 1.53. The highest BCUT2D eigenvalue weighted by atomic mass is 31.2. The highest BCUT2D eigenvalue weighted by molar-refractivity contribution is 7.48. The molecule has 0 aliphatic carbocycles. The third-order valence-electron chi connectivity index (χ3n) is 6.35. The summed E-state index contributed by atoms with van der Waals surface area (Å²) in [5.41, 5.74) is 2.71. The summed E-state index contributed by atoms with van der Waals surface area (Å²) in [5, 5.41) is 10.6. The van der Waals surface area contributed by atoms with Crippen LogP contribution in [0.1, 0.15) is 24.3 Å². The van der Waals surface area contributed by atoms with Crippen LogP contribution < -0.4 is 20.9 Å². The fraction of sp³-hybridized carbons (Fsp3) is 0.385. The molecule has 1 aromatic heterocycles. The van der Waals surface area contributed by atoms with Crippen LogP contribution in [0.5, 0.6) is 11.5 Å². The Bertz CT molecular complexity index is 1380. The zero-order chi connectivity index (χ0) is 29.8. The largest absolute Gasteiger partial charge is 0.497 e. The van der Waals surface area contributed by atoms with E-state index in [2.05, 4.69) is 4.98 Å². The third kappa shape index (κ3) is 6.92. The quantitative estimate of drug-likeness (QED) is 0.294. The van der Waals surface area contributed by atoms with E-state index in [0.29, 0.717) is 27.2 Å². The first-order valence-corrected chi connectivity index (χ1v) is 13.7. The van der Waals surface area contributed by atoms with Crippen LogP contribution in [-0.2, 0) is 36.1 Å². The summed E-state index contributed by atoms with van der Waals surface area (Å²) in [7, 11) is -1.57. The fourth-order valence-electron chi connectivity index (χ4n) is 4.00. The van der Waals surface area contributed by atoms with Gasteiger partial charge in [-0.3, -0.25) is 18.1 Å². The number of ether oxygens (including phenoxy) is 3. The van der Waals surface area contributed by atoms with Crippen LogP contribution in [0.4, 0.5) is 14.6 Å². The molecule has 0 spiro atoms. The second kappa shape index (κ2) is 12.2. The number of anilines is 1. The second-order valence-corrected chi connectivity index (χ2v) is 11.0. The molecule has 1 aliphatic rings. The molecule has 1 saturated heterocycles. The van der Waals surface area contributed by atoms with Crippen LogP contribution in [0.25, 0.3) is 0 Å². The summed E-state index contributed by atoms with van der Waals surface area (Å²) in [6.45, 7) is -0.985. The average Bonchev–Trinajstić information content (AvgIpc) is 3.15. The smallest absolute Gasteiger partial charge is 0.475 e. The number of phosphoric acid groups is 1. The van der Waals surface area contributed by atoms with Gasteiger partial charge in [0.05, 0.1) is 27.4 Å². The highest BCUT2D eigenvalue weighted by Gasteiger charge is 2.65. The summed E-state index contributed by atoms with van der Waals surface area (Å²) in [6.07, 6.45) is -3.37. The average molecular weight is 598 g/mol. The molecule has 2 aromatic carbocycles. The summed E-state index contributed by atoms with van der Waals surface area (Å²) in [6, 6.07) is 14.4. The van der Waals surface area contributed by atoms with E-state index >= 15 is 8.78 Å². The van der Waals surface area contributed by atoms with Gasteiger partial charge in [-0.1, -0.05) is 24.3 Å². The van der Waals surface area contributed by atoms with Crippen molar-refractivity contribution in [1.29, 1.82) is 0 Å². The van der Waals surface area contributed by atoms with Crippen LogP contribution in [0.3, 0.4) is 0 Å². The van der Waals surface area contributed by atoms with Crippen LogP contribution in [0.15, 0.2) is 65.6 Å². The third-order valence-corrected chi connectivity index (χ3v) is 7.69. The highest BCUT2D eigenvalue weighted by Crippen LogP contribution is 2.54. The van der Waals surface area contributed by atoms with Gasteiger partial charge >= 0.3 is 13.5 Å². The number of nitrogens with zero attached hydrogens (tertiary/aromatic N) is 2. The van der Waals surface area contributed by atoms with Gasteiger partial charge in [-0.2, -0.15) is 4.98 Å². The number of aliphatic hydroxyl groups excluding tert-OH is 1. The number of halogens is 2. The van der Waals surface area contributed by atoms with Gasteiger partial charge in [0.1, 0.15) is 23.9 Å². The molecule has 41 heavy (non-hydrogen) atoms. The Morgan fingerprint density at radius 1 is 0.976 bits per heavy atom. The molecule has 1 aliphatic heterocycles. The van der Waals surface area contributed by atoms with Crippen molar-refractivity contribution in [3.63, 3.8) is 0 Å². The Morgan fingerprint density at radius 2 is 1.49 bits per heavy atom. The lowest BCUT2D eigenvalue weighted by Gasteiger charge is -2.26. The normalized spacial score (nSPS) is 24.3. The van der Waals surface area contributed by atoms with E-state index in [1.165, 1.54) is 20.3 Å². The van der Waals surface area contributed by atoms with Crippen molar-refractivity contribution in [3.8, 4) is 11.5 Å². The summed E-state index contributed by atoms with van der Waals surface area (Å²) >= 11 is 0. The molecule has 0 amide bonds. The lowest BCUT2D eigenvalue weighted by molar-refractivity contribution is -0.205. The van der Waals surface area contributed by atoms with E-state index in [-0.39, 0.29) is 19.0 Å². The molecule has 0 unspecified atom stereocenters. The lowest BCUT2D eigenvalue weighted by Crippen LogP contribution is -2.47. The van der Waals surface area contributed by atoms with Crippen LogP contribution in [0.2, 0.25) is 0 Å². The molecule has 4 atom stereocenters. The number of rotatable bonds is 12. The number of alkyl halides is 2. The van der Waals surface area contributed by atoms with E-state index in [4.69, 9.17) is 33.5 Å². The number of benzene rings is 2. The van der Waals surface area contributed by atoms with Crippen molar-refractivity contribution in [2.24, 2.45) is 0 Å². The Morgan fingerprint density at radius 3 is 1.95 bits per heavy atom. The molecule has 222 valence electrons. The topological polar surface area (TPSA) is 154 Å². The SMILES string of the molecule is COc1ccc(COP(=O)(OCc2ccc(OC)cc2)OC[C@@]2(F)O[C@@H](n3ccc(N)nc3=O)[C@](C)(F)[C@@H]2O)cc1. The van der Waals surface area contributed by atoms with E-state index in [9.17, 15) is 14.5 Å². The van der Waals surface area contributed by atoms with Crippen molar-refractivity contribution in [2.45, 2.75) is 44.0 Å². The maximum absolute atomic E-state index is 15.9. The fourth-order valence-corrected chi connectivity index (χ4v) is 5.17. The van der Waals surface area contributed by atoms with Crippen LogP contribution in [0, 0.1) is 0 Å². The van der Waals surface area contributed by atoms with Crippen molar-refractivity contribution < 1.29 is 46.2 Å².